The van der Waals surface area contributed by atoms with E-state index in [2.05, 4.69) is 0 Å². The third-order valence-electron chi connectivity index (χ3n) is 3.88. The molecule has 0 atom stereocenters. The number of nitrogen functional groups attached to an aromatic ring is 1. The van der Waals surface area contributed by atoms with E-state index in [4.69, 9.17) is 10.8 Å². The molecule has 3 aromatic rings. The minimum absolute atomic E-state index is 0.0881. The van der Waals surface area contributed by atoms with E-state index < -0.39 is 5.97 Å². The molecule has 0 aliphatic carbocycles. The third kappa shape index (κ3) is 2.58. The Bertz CT molecular complexity index is 940. The van der Waals surface area contributed by atoms with Crippen molar-refractivity contribution in [2.75, 3.05) is 19.8 Å². The van der Waals surface area contributed by atoms with Gasteiger partial charge in [0.05, 0.1) is 16.8 Å². The van der Waals surface area contributed by atoms with Gasteiger partial charge in [-0.15, -0.1) is 0 Å². The third-order valence-corrected chi connectivity index (χ3v) is 3.88. The number of nitrogens with zero attached hydrogens (tertiary/aromatic N) is 2. The minimum atomic E-state index is -0.967. The predicted molar refractivity (Wildman–Crippen MR) is 92.7 cm³/mol. The molecule has 0 radical (unpaired) electrons. The van der Waals surface area contributed by atoms with E-state index in [-0.39, 0.29) is 11.5 Å². The van der Waals surface area contributed by atoms with E-state index in [1.54, 1.807) is 56.7 Å². The molecule has 0 fully saturated rings. The van der Waals surface area contributed by atoms with Crippen LogP contribution in [0.15, 0.2) is 48.7 Å². The van der Waals surface area contributed by atoms with Crippen molar-refractivity contribution in [2.45, 2.75) is 0 Å². The Morgan fingerprint density at radius 3 is 2.25 bits per heavy atom. The summed E-state index contributed by atoms with van der Waals surface area (Å²) in [7, 11) is 3.40. The first kappa shape index (κ1) is 15.6. The van der Waals surface area contributed by atoms with Crippen molar-refractivity contribution in [1.29, 1.82) is 0 Å². The number of carbonyl (C=O) groups excluding carboxylic acids is 1. The fraction of sp³-hybridized carbons (Fsp3) is 0.111. The predicted octanol–water partition coefficient (Wildman–Crippen LogP) is 2.61. The molecular formula is C18H17N3O3. The van der Waals surface area contributed by atoms with E-state index >= 15 is 0 Å². The van der Waals surface area contributed by atoms with Gasteiger partial charge in [-0.3, -0.25) is 4.79 Å². The van der Waals surface area contributed by atoms with E-state index in [1.807, 2.05) is 10.6 Å². The summed E-state index contributed by atoms with van der Waals surface area (Å²) in [6.45, 7) is 0. The van der Waals surface area contributed by atoms with Crippen LogP contribution in [0.3, 0.4) is 0 Å². The van der Waals surface area contributed by atoms with Crippen LogP contribution in [0.1, 0.15) is 20.7 Å². The van der Waals surface area contributed by atoms with Crippen molar-refractivity contribution < 1.29 is 14.7 Å². The van der Waals surface area contributed by atoms with Gasteiger partial charge in [-0.1, -0.05) is 0 Å². The smallest absolute Gasteiger partial charge is 0.335 e. The van der Waals surface area contributed by atoms with E-state index in [9.17, 15) is 9.59 Å². The quantitative estimate of drug-likeness (QED) is 0.775. The highest BCUT2D eigenvalue weighted by Crippen LogP contribution is 2.28. The van der Waals surface area contributed by atoms with Crippen LogP contribution in [-0.4, -0.2) is 40.5 Å². The van der Waals surface area contributed by atoms with Crippen LogP contribution < -0.4 is 5.73 Å². The zero-order chi connectivity index (χ0) is 17.4. The summed E-state index contributed by atoms with van der Waals surface area (Å²) in [6, 6.07) is 11.9. The van der Waals surface area contributed by atoms with Crippen molar-refractivity contribution in [1.82, 2.24) is 9.47 Å². The van der Waals surface area contributed by atoms with E-state index in [0.29, 0.717) is 11.3 Å². The number of nitrogens with two attached hydrogens (primary N) is 1. The molecule has 1 heterocycles. The Balaban J connectivity index is 2.10. The van der Waals surface area contributed by atoms with Crippen LogP contribution >= 0.6 is 0 Å². The Morgan fingerprint density at radius 1 is 1.04 bits per heavy atom. The molecule has 0 aliphatic rings. The Labute approximate surface area is 138 Å². The zero-order valence-electron chi connectivity index (χ0n) is 13.4. The molecule has 3 N–H and O–H groups in total. The molecule has 0 bridgehead atoms. The monoisotopic (exact) mass is 323 g/mol. The molecule has 1 aromatic heterocycles. The average Bonchev–Trinajstić information content (AvgIpc) is 2.90. The molecule has 0 saturated carbocycles. The van der Waals surface area contributed by atoms with Crippen molar-refractivity contribution >= 4 is 28.5 Å². The molecule has 6 heteroatoms. The van der Waals surface area contributed by atoms with Crippen LogP contribution in [0.5, 0.6) is 0 Å². The fourth-order valence-electron chi connectivity index (χ4n) is 2.62. The second-order valence-electron chi connectivity index (χ2n) is 5.74. The first-order valence-corrected chi connectivity index (χ1v) is 7.34. The first-order valence-electron chi connectivity index (χ1n) is 7.34. The van der Waals surface area contributed by atoms with Crippen LogP contribution in [-0.2, 0) is 0 Å². The molecule has 0 saturated heterocycles. The molecule has 2 aromatic carbocycles. The highest BCUT2D eigenvalue weighted by Gasteiger charge is 2.13. The van der Waals surface area contributed by atoms with Gasteiger partial charge in [0.2, 0.25) is 0 Å². The normalized spacial score (nSPS) is 10.8. The zero-order valence-corrected chi connectivity index (χ0v) is 13.4. The lowest BCUT2D eigenvalue weighted by Gasteiger charge is -2.11. The highest BCUT2D eigenvalue weighted by molar-refractivity contribution is 6.01. The van der Waals surface area contributed by atoms with Gasteiger partial charge in [0.1, 0.15) is 0 Å². The molecule has 122 valence electrons. The summed E-state index contributed by atoms with van der Waals surface area (Å²) in [5.74, 6) is -1.06. The number of aromatic nitrogens is 1. The lowest BCUT2D eigenvalue weighted by atomic mass is 10.1. The molecule has 0 aliphatic heterocycles. The van der Waals surface area contributed by atoms with Crippen LogP contribution in [0.4, 0.5) is 5.69 Å². The molecule has 6 nitrogen and oxygen atoms in total. The van der Waals surface area contributed by atoms with Gasteiger partial charge in [-0.2, -0.15) is 0 Å². The van der Waals surface area contributed by atoms with Crippen molar-refractivity contribution in [3.8, 4) is 5.69 Å². The minimum Gasteiger partial charge on any atom is -0.478 e. The number of rotatable bonds is 3. The van der Waals surface area contributed by atoms with Gasteiger partial charge >= 0.3 is 5.97 Å². The van der Waals surface area contributed by atoms with E-state index in [0.717, 1.165) is 16.6 Å². The lowest BCUT2D eigenvalue weighted by molar-refractivity contribution is 0.0696. The van der Waals surface area contributed by atoms with Crippen LogP contribution in [0.2, 0.25) is 0 Å². The van der Waals surface area contributed by atoms with Crippen LogP contribution in [0.25, 0.3) is 16.6 Å². The first-order chi connectivity index (χ1) is 11.4. The second-order valence-corrected chi connectivity index (χ2v) is 5.74. The molecule has 24 heavy (non-hydrogen) atoms. The Kier molecular flexibility index (Phi) is 3.73. The standard InChI is InChI=1S/C18H17N3O3/c1-20(2)17(22)12-5-8-16-14(9-12)15(19)10-21(16)13-6-3-11(4-7-13)18(23)24/h3-10H,19H2,1-2H3,(H,23,24). The Hall–Kier alpha value is -3.28. The second kappa shape index (κ2) is 5.73. The molecule has 3 rings (SSSR count). The summed E-state index contributed by atoms with van der Waals surface area (Å²) in [5.41, 5.74) is 9.10. The lowest BCUT2D eigenvalue weighted by Crippen LogP contribution is -2.21. The van der Waals surface area contributed by atoms with Gasteiger partial charge in [0.15, 0.2) is 0 Å². The maximum absolute atomic E-state index is 12.1. The van der Waals surface area contributed by atoms with E-state index in [1.165, 1.54) is 4.90 Å². The number of carboxylic acid groups (broad SMARTS) is 1. The summed E-state index contributed by atoms with van der Waals surface area (Å²) in [5, 5.41) is 9.77. The van der Waals surface area contributed by atoms with Gasteiger partial charge in [0.25, 0.3) is 5.91 Å². The number of hydrogen-bond acceptors (Lipinski definition) is 3. The number of carboxylic acids is 1. The molecule has 1 amide bonds. The molecule has 0 unspecified atom stereocenters. The largest absolute Gasteiger partial charge is 0.478 e. The average molecular weight is 323 g/mol. The topological polar surface area (TPSA) is 88.6 Å². The number of fused-ring (bicyclic) bond motifs is 1. The van der Waals surface area contributed by atoms with Crippen molar-refractivity contribution in [2.24, 2.45) is 0 Å². The van der Waals surface area contributed by atoms with Gasteiger partial charge in [0, 0.05) is 36.9 Å². The SMILES string of the molecule is CN(C)C(=O)c1ccc2c(c1)c(N)cn2-c1ccc(C(=O)O)cc1. The number of carbonyl (C=O) groups is 2. The molecule has 0 spiro atoms. The maximum atomic E-state index is 12.1. The van der Waals surface area contributed by atoms with Crippen LogP contribution in [0, 0.1) is 0 Å². The van der Waals surface area contributed by atoms with Gasteiger partial charge in [-0.25, -0.2) is 4.79 Å². The summed E-state index contributed by atoms with van der Waals surface area (Å²) in [4.78, 5) is 24.6. The highest BCUT2D eigenvalue weighted by atomic mass is 16.4. The van der Waals surface area contributed by atoms with Gasteiger partial charge < -0.3 is 20.3 Å². The number of aromatic carboxylic acids is 1. The Morgan fingerprint density at radius 2 is 1.67 bits per heavy atom. The molecular weight excluding hydrogens is 306 g/mol. The summed E-state index contributed by atoms with van der Waals surface area (Å²) >= 11 is 0. The summed E-state index contributed by atoms with van der Waals surface area (Å²) < 4.78 is 1.88. The number of benzene rings is 2. The number of amides is 1. The number of hydrogen-bond donors (Lipinski definition) is 2. The maximum Gasteiger partial charge on any atom is 0.335 e. The fourth-order valence-corrected chi connectivity index (χ4v) is 2.62. The summed E-state index contributed by atoms with van der Waals surface area (Å²) in [6.07, 6.45) is 1.77. The number of anilines is 1. The van der Waals surface area contributed by atoms with Crippen molar-refractivity contribution in [3.63, 3.8) is 0 Å². The van der Waals surface area contributed by atoms with Crippen molar-refractivity contribution in [3.05, 3.63) is 59.8 Å². The van der Waals surface area contributed by atoms with Gasteiger partial charge in [-0.05, 0) is 42.5 Å².